The first-order valence-electron chi connectivity index (χ1n) is 7.42. The maximum absolute atomic E-state index is 11.5. The summed E-state index contributed by atoms with van der Waals surface area (Å²) in [7, 11) is 2.14. The van der Waals surface area contributed by atoms with E-state index in [9.17, 15) is 4.79 Å². The Morgan fingerprint density at radius 2 is 1.83 bits per heavy atom. The van der Waals surface area contributed by atoms with Crippen molar-refractivity contribution in [1.29, 1.82) is 0 Å². The van der Waals surface area contributed by atoms with Crippen molar-refractivity contribution in [2.24, 2.45) is 5.73 Å². The fourth-order valence-corrected chi connectivity index (χ4v) is 2.89. The minimum atomic E-state index is -0.206. The van der Waals surface area contributed by atoms with Crippen LogP contribution in [0.1, 0.15) is 51.4 Å². The molecule has 1 atom stereocenters. The van der Waals surface area contributed by atoms with Crippen LogP contribution in [0.15, 0.2) is 0 Å². The van der Waals surface area contributed by atoms with E-state index in [2.05, 4.69) is 17.3 Å². The van der Waals surface area contributed by atoms with Gasteiger partial charge in [-0.2, -0.15) is 0 Å². The van der Waals surface area contributed by atoms with Crippen LogP contribution in [0.25, 0.3) is 0 Å². The number of primary amides is 1. The van der Waals surface area contributed by atoms with Gasteiger partial charge in [-0.3, -0.25) is 4.79 Å². The summed E-state index contributed by atoms with van der Waals surface area (Å²) in [5.74, 6) is -0.206. The zero-order chi connectivity index (χ0) is 13.0. The van der Waals surface area contributed by atoms with Crippen molar-refractivity contribution >= 4 is 5.91 Å². The average molecular weight is 253 g/mol. The molecule has 0 radical (unpaired) electrons. The molecule has 0 spiro atoms. The number of carbonyl (C=O) groups is 1. The number of hydrogen-bond acceptors (Lipinski definition) is 3. The summed E-state index contributed by atoms with van der Waals surface area (Å²) >= 11 is 0. The zero-order valence-electron chi connectivity index (χ0n) is 11.5. The number of rotatable bonds is 6. The van der Waals surface area contributed by atoms with Gasteiger partial charge < -0.3 is 16.0 Å². The fraction of sp³-hybridized carbons (Fsp3) is 0.929. The summed E-state index contributed by atoms with van der Waals surface area (Å²) in [5.41, 5.74) is 5.49. The summed E-state index contributed by atoms with van der Waals surface area (Å²) in [5, 5.41) is 3.36. The Morgan fingerprint density at radius 1 is 1.22 bits per heavy atom. The predicted octanol–water partition coefficient (Wildman–Crippen LogP) is 1.25. The van der Waals surface area contributed by atoms with Gasteiger partial charge in [0, 0.05) is 18.6 Å². The molecule has 2 saturated carbocycles. The number of nitrogens with one attached hydrogen (secondary N) is 1. The number of carbonyl (C=O) groups excluding carboxylic acids is 1. The summed E-state index contributed by atoms with van der Waals surface area (Å²) in [6, 6.07) is 0.992. The topological polar surface area (TPSA) is 58.4 Å². The molecule has 1 amide bonds. The van der Waals surface area contributed by atoms with Crippen LogP contribution in [-0.4, -0.2) is 42.5 Å². The largest absolute Gasteiger partial charge is 0.368 e. The van der Waals surface area contributed by atoms with Gasteiger partial charge in [0.1, 0.15) is 0 Å². The Hall–Kier alpha value is -0.610. The van der Waals surface area contributed by atoms with E-state index < -0.39 is 0 Å². The molecule has 0 aromatic heterocycles. The van der Waals surface area contributed by atoms with Crippen LogP contribution < -0.4 is 11.1 Å². The SMILES string of the molecule is CN(CC(NC1CC1)C(N)=O)C1CCCCCC1. The number of amides is 1. The molecule has 18 heavy (non-hydrogen) atoms. The van der Waals surface area contributed by atoms with Gasteiger partial charge in [0.25, 0.3) is 0 Å². The van der Waals surface area contributed by atoms with E-state index in [0.717, 1.165) is 6.54 Å². The van der Waals surface area contributed by atoms with Crippen molar-refractivity contribution in [2.75, 3.05) is 13.6 Å². The maximum atomic E-state index is 11.5. The first kappa shape index (κ1) is 13.8. The standard InChI is InChI=1S/C14H27N3O/c1-17(12-6-4-2-3-5-7-12)10-13(14(15)18)16-11-8-9-11/h11-13,16H,2-10H2,1H3,(H2,15,18). The molecule has 4 heteroatoms. The lowest BCUT2D eigenvalue weighted by atomic mass is 10.1. The van der Waals surface area contributed by atoms with Crippen LogP contribution >= 0.6 is 0 Å². The third-order valence-electron chi connectivity index (χ3n) is 4.28. The second-order valence-corrected chi connectivity index (χ2v) is 5.98. The molecule has 2 aliphatic carbocycles. The molecule has 104 valence electrons. The van der Waals surface area contributed by atoms with E-state index >= 15 is 0 Å². The predicted molar refractivity (Wildman–Crippen MR) is 73.3 cm³/mol. The summed E-state index contributed by atoms with van der Waals surface area (Å²) in [4.78, 5) is 13.8. The summed E-state index contributed by atoms with van der Waals surface area (Å²) in [6.45, 7) is 0.760. The highest BCUT2D eigenvalue weighted by atomic mass is 16.1. The molecule has 3 N–H and O–H groups in total. The third-order valence-corrected chi connectivity index (χ3v) is 4.28. The summed E-state index contributed by atoms with van der Waals surface area (Å²) in [6.07, 6.45) is 10.3. The first-order chi connectivity index (χ1) is 8.66. The van der Waals surface area contributed by atoms with Crippen molar-refractivity contribution in [1.82, 2.24) is 10.2 Å². The normalized spacial score (nSPS) is 23.9. The van der Waals surface area contributed by atoms with Crippen LogP contribution in [0.2, 0.25) is 0 Å². The van der Waals surface area contributed by atoms with Gasteiger partial charge in [-0.15, -0.1) is 0 Å². The Kier molecular flexibility index (Phi) is 5.01. The van der Waals surface area contributed by atoms with Crippen LogP contribution in [0.3, 0.4) is 0 Å². The first-order valence-corrected chi connectivity index (χ1v) is 7.42. The van der Waals surface area contributed by atoms with Gasteiger partial charge in [0.2, 0.25) is 5.91 Å². The van der Waals surface area contributed by atoms with Gasteiger partial charge >= 0.3 is 0 Å². The number of nitrogens with two attached hydrogens (primary N) is 1. The van der Waals surface area contributed by atoms with Crippen LogP contribution in [-0.2, 0) is 4.79 Å². The molecule has 0 bridgehead atoms. The number of nitrogens with zero attached hydrogens (tertiary/aromatic N) is 1. The van der Waals surface area contributed by atoms with E-state index in [0.29, 0.717) is 12.1 Å². The lowest BCUT2D eigenvalue weighted by Crippen LogP contribution is -2.51. The second kappa shape index (κ2) is 6.53. The highest BCUT2D eigenvalue weighted by Gasteiger charge is 2.29. The van der Waals surface area contributed by atoms with Crippen LogP contribution in [0.5, 0.6) is 0 Å². The molecular formula is C14H27N3O. The molecule has 0 aromatic carbocycles. The van der Waals surface area contributed by atoms with Gasteiger partial charge in [0.05, 0.1) is 6.04 Å². The molecule has 2 fully saturated rings. The van der Waals surface area contributed by atoms with E-state index in [1.165, 1.54) is 51.4 Å². The van der Waals surface area contributed by atoms with Crippen molar-refractivity contribution in [3.8, 4) is 0 Å². The highest BCUT2D eigenvalue weighted by molar-refractivity contribution is 5.80. The monoisotopic (exact) mass is 253 g/mol. The Balaban J connectivity index is 1.82. The van der Waals surface area contributed by atoms with Crippen molar-refractivity contribution in [3.63, 3.8) is 0 Å². The smallest absolute Gasteiger partial charge is 0.235 e. The zero-order valence-corrected chi connectivity index (χ0v) is 11.5. The quantitative estimate of drug-likeness (QED) is 0.700. The lowest BCUT2D eigenvalue weighted by Gasteiger charge is -2.30. The van der Waals surface area contributed by atoms with Crippen LogP contribution in [0, 0.1) is 0 Å². The van der Waals surface area contributed by atoms with Crippen molar-refractivity contribution in [3.05, 3.63) is 0 Å². The minimum Gasteiger partial charge on any atom is -0.368 e. The highest BCUT2D eigenvalue weighted by Crippen LogP contribution is 2.22. The molecule has 2 aliphatic rings. The third kappa shape index (κ3) is 4.25. The maximum Gasteiger partial charge on any atom is 0.235 e. The molecule has 0 aromatic rings. The average Bonchev–Trinajstić information content (AvgIpc) is 3.14. The number of likely N-dealkylation sites (N-methyl/N-ethyl adjacent to an activating group) is 1. The molecule has 2 rings (SSSR count). The van der Waals surface area contributed by atoms with E-state index in [4.69, 9.17) is 5.73 Å². The molecule has 0 saturated heterocycles. The molecule has 0 aliphatic heterocycles. The van der Waals surface area contributed by atoms with Crippen LogP contribution in [0.4, 0.5) is 0 Å². The minimum absolute atomic E-state index is 0.175. The van der Waals surface area contributed by atoms with Gasteiger partial charge in [-0.1, -0.05) is 25.7 Å². The van der Waals surface area contributed by atoms with Gasteiger partial charge in [-0.25, -0.2) is 0 Å². The van der Waals surface area contributed by atoms with Crippen molar-refractivity contribution < 1.29 is 4.79 Å². The van der Waals surface area contributed by atoms with E-state index in [-0.39, 0.29) is 11.9 Å². The molecule has 0 heterocycles. The van der Waals surface area contributed by atoms with Gasteiger partial charge in [0.15, 0.2) is 0 Å². The van der Waals surface area contributed by atoms with E-state index in [1.807, 2.05) is 0 Å². The Morgan fingerprint density at radius 3 is 2.33 bits per heavy atom. The molecule has 4 nitrogen and oxygen atoms in total. The molecule has 1 unspecified atom stereocenters. The number of hydrogen-bond donors (Lipinski definition) is 2. The van der Waals surface area contributed by atoms with Gasteiger partial charge in [-0.05, 0) is 32.7 Å². The molecular weight excluding hydrogens is 226 g/mol. The summed E-state index contributed by atoms with van der Waals surface area (Å²) < 4.78 is 0. The fourth-order valence-electron chi connectivity index (χ4n) is 2.89. The second-order valence-electron chi connectivity index (χ2n) is 5.98. The lowest BCUT2D eigenvalue weighted by molar-refractivity contribution is -0.120. The van der Waals surface area contributed by atoms with E-state index in [1.54, 1.807) is 0 Å². The Labute approximate surface area is 110 Å². The Bertz CT molecular complexity index is 270. The van der Waals surface area contributed by atoms with Crippen molar-refractivity contribution in [2.45, 2.75) is 69.5 Å².